The van der Waals surface area contributed by atoms with Crippen LogP contribution in [0.1, 0.15) is 18.4 Å². The largest absolute Gasteiger partial charge is 0.454 e. The van der Waals surface area contributed by atoms with E-state index in [0.29, 0.717) is 12.8 Å². The van der Waals surface area contributed by atoms with Crippen molar-refractivity contribution in [1.29, 1.82) is 0 Å². The van der Waals surface area contributed by atoms with E-state index in [4.69, 9.17) is 9.47 Å². The summed E-state index contributed by atoms with van der Waals surface area (Å²) in [5.41, 5.74) is 1.23. The number of aliphatic imine (C=N–C) groups is 1. The molecule has 3 rings (SSSR count). The number of hydrogen-bond acceptors (Lipinski definition) is 4. The molecule has 1 fully saturated rings. The van der Waals surface area contributed by atoms with E-state index in [1.54, 1.807) is 0 Å². The Morgan fingerprint density at radius 2 is 2.00 bits per heavy atom. The number of guanidine groups is 1. The van der Waals surface area contributed by atoms with Crippen molar-refractivity contribution >= 4 is 29.9 Å². The highest BCUT2D eigenvalue weighted by molar-refractivity contribution is 14.0. The zero-order valence-corrected chi connectivity index (χ0v) is 17.6. The zero-order valence-electron chi connectivity index (χ0n) is 15.2. The number of nitrogens with zero attached hydrogens (tertiary/aromatic N) is 2. The van der Waals surface area contributed by atoms with Gasteiger partial charge in [-0.2, -0.15) is 0 Å². The molecule has 0 spiro atoms. The number of hydrogen-bond donors (Lipinski definition) is 2. The Morgan fingerprint density at radius 3 is 2.68 bits per heavy atom. The molecule has 1 aliphatic carbocycles. The predicted octanol–water partition coefficient (Wildman–Crippen LogP) is 2.08. The second-order valence-corrected chi connectivity index (χ2v) is 6.69. The summed E-state index contributed by atoms with van der Waals surface area (Å²) < 4.78 is 10.8. The van der Waals surface area contributed by atoms with Crippen LogP contribution in [0.5, 0.6) is 11.5 Å². The number of fused-ring (bicyclic) bond motifs is 1. The lowest BCUT2D eigenvalue weighted by atomic mass is 10.1. The summed E-state index contributed by atoms with van der Waals surface area (Å²) in [6.45, 7) is 2.08. The fourth-order valence-corrected chi connectivity index (χ4v) is 3.10. The van der Waals surface area contributed by atoms with Gasteiger partial charge in [0.25, 0.3) is 0 Å². The first-order chi connectivity index (χ1) is 11.7. The Morgan fingerprint density at radius 1 is 1.24 bits per heavy atom. The van der Waals surface area contributed by atoms with E-state index in [-0.39, 0.29) is 24.0 Å². The minimum Gasteiger partial charge on any atom is -0.454 e. The molecule has 0 aromatic heterocycles. The van der Waals surface area contributed by atoms with Crippen molar-refractivity contribution in [2.75, 3.05) is 41.0 Å². The molecule has 2 aliphatic rings. The van der Waals surface area contributed by atoms with Gasteiger partial charge in [0, 0.05) is 26.2 Å². The van der Waals surface area contributed by atoms with Gasteiger partial charge in [0.15, 0.2) is 17.5 Å². The monoisotopic (exact) mass is 460 g/mol. The van der Waals surface area contributed by atoms with Crippen molar-refractivity contribution in [2.24, 2.45) is 10.9 Å². The highest BCUT2D eigenvalue weighted by Crippen LogP contribution is 2.34. The molecule has 0 amide bonds. The molecule has 140 valence electrons. The van der Waals surface area contributed by atoms with Crippen LogP contribution in [0.4, 0.5) is 0 Å². The van der Waals surface area contributed by atoms with Gasteiger partial charge >= 0.3 is 0 Å². The van der Waals surface area contributed by atoms with Gasteiger partial charge in [0.05, 0.1) is 0 Å². The van der Waals surface area contributed by atoms with E-state index < -0.39 is 0 Å². The summed E-state index contributed by atoms with van der Waals surface area (Å²) in [4.78, 5) is 6.63. The average Bonchev–Trinajstić information content (AvgIpc) is 3.29. The Bertz CT molecular complexity index is 588. The van der Waals surface area contributed by atoms with Crippen LogP contribution in [0.25, 0.3) is 0 Å². The van der Waals surface area contributed by atoms with Gasteiger partial charge in [0.1, 0.15) is 0 Å². The average molecular weight is 460 g/mol. The second kappa shape index (κ2) is 9.47. The Hall–Kier alpha value is -1.22. The maximum absolute atomic E-state index is 5.42. The lowest BCUT2D eigenvalue weighted by Crippen LogP contribution is -2.46. The van der Waals surface area contributed by atoms with Crippen molar-refractivity contribution in [3.63, 3.8) is 0 Å². The van der Waals surface area contributed by atoms with Crippen molar-refractivity contribution in [3.05, 3.63) is 23.8 Å². The first-order valence-corrected chi connectivity index (χ1v) is 8.67. The summed E-state index contributed by atoms with van der Waals surface area (Å²) in [6, 6.07) is 6.69. The van der Waals surface area contributed by atoms with Gasteiger partial charge < -0.3 is 25.0 Å². The first kappa shape index (κ1) is 20.1. The van der Waals surface area contributed by atoms with Crippen LogP contribution in [-0.2, 0) is 6.42 Å². The molecule has 7 heteroatoms. The normalized spacial score (nSPS) is 17.2. The fraction of sp³-hybridized carbons (Fsp3) is 0.611. The molecule has 25 heavy (non-hydrogen) atoms. The van der Waals surface area contributed by atoms with E-state index in [9.17, 15) is 0 Å². The summed E-state index contributed by atoms with van der Waals surface area (Å²) in [6.07, 6.45) is 3.61. The van der Waals surface area contributed by atoms with Gasteiger partial charge in [-0.15, -0.1) is 24.0 Å². The van der Waals surface area contributed by atoms with Crippen LogP contribution >= 0.6 is 24.0 Å². The van der Waals surface area contributed by atoms with Crippen molar-refractivity contribution in [1.82, 2.24) is 15.5 Å². The van der Waals surface area contributed by atoms with Crippen LogP contribution < -0.4 is 20.1 Å². The van der Waals surface area contributed by atoms with Gasteiger partial charge in [-0.05, 0) is 57.0 Å². The SMILES string of the molecule is CN=C(NCCc1ccc2c(c1)OCO2)NCC(C1CC1)N(C)C.I. The van der Waals surface area contributed by atoms with Gasteiger partial charge in [0.2, 0.25) is 6.79 Å². The van der Waals surface area contributed by atoms with Crippen molar-refractivity contribution in [2.45, 2.75) is 25.3 Å². The first-order valence-electron chi connectivity index (χ1n) is 8.67. The zero-order chi connectivity index (χ0) is 16.9. The highest BCUT2D eigenvalue weighted by Gasteiger charge is 2.32. The molecule has 1 saturated carbocycles. The molecular weight excluding hydrogens is 431 g/mol. The predicted molar refractivity (Wildman–Crippen MR) is 111 cm³/mol. The van der Waals surface area contributed by atoms with Crippen molar-refractivity contribution in [3.8, 4) is 11.5 Å². The molecule has 1 aliphatic heterocycles. The lowest BCUT2D eigenvalue weighted by Gasteiger charge is -2.25. The van der Waals surface area contributed by atoms with E-state index >= 15 is 0 Å². The van der Waals surface area contributed by atoms with Gasteiger partial charge in [-0.3, -0.25) is 4.99 Å². The van der Waals surface area contributed by atoms with E-state index in [0.717, 1.165) is 42.9 Å². The molecule has 6 nitrogen and oxygen atoms in total. The lowest BCUT2D eigenvalue weighted by molar-refractivity contribution is 0.174. The standard InChI is InChI=1S/C18H28N4O2.HI/c1-19-18(21-11-15(22(2)3)14-5-6-14)20-9-8-13-4-7-16-17(10-13)24-12-23-16;/h4,7,10,14-15H,5-6,8-9,11-12H2,1-3H3,(H2,19,20,21);1H. The van der Waals surface area contributed by atoms with Gasteiger partial charge in [-0.25, -0.2) is 0 Å². The maximum Gasteiger partial charge on any atom is 0.231 e. The van der Waals surface area contributed by atoms with E-state index in [2.05, 4.69) is 46.8 Å². The molecule has 1 heterocycles. The molecular formula is C18H29IN4O2. The quantitative estimate of drug-likeness (QED) is 0.371. The minimum atomic E-state index is 0. The number of ether oxygens (including phenoxy) is 2. The third-order valence-corrected chi connectivity index (χ3v) is 4.67. The summed E-state index contributed by atoms with van der Waals surface area (Å²) in [5.74, 6) is 3.37. The number of nitrogens with one attached hydrogen (secondary N) is 2. The smallest absolute Gasteiger partial charge is 0.231 e. The summed E-state index contributed by atoms with van der Waals surface area (Å²) in [7, 11) is 6.12. The summed E-state index contributed by atoms with van der Waals surface area (Å²) >= 11 is 0. The molecule has 1 atom stereocenters. The Balaban J connectivity index is 0.00000225. The summed E-state index contributed by atoms with van der Waals surface area (Å²) in [5, 5.41) is 6.84. The molecule has 1 aromatic carbocycles. The molecule has 0 saturated heterocycles. The van der Waals surface area contributed by atoms with Crippen LogP contribution in [-0.4, -0.2) is 57.9 Å². The highest BCUT2D eigenvalue weighted by atomic mass is 127. The number of likely N-dealkylation sites (N-methyl/N-ethyl adjacent to an activating group) is 1. The Kier molecular flexibility index (Phi) is 7.61. The van der Waals surface area contributed by atoms with Gasteiger partial charge in [-0.1, -0.05) is 6.07 Å². The van der Waals surface area contributed by atoms with Crippen LogP contribution in [0.3, 0.4) is 0 Å². The Labute approximate surface area is 167 Å². The molecule has 1 unspecified atom stereocenters. The van der Waals surface area contributed by atoms with Crippen LogP contribution in [0.15, 0.2) is 23.2 Å². The van der Waals surface area contributed by atoms with Crippen LogP contribution in [0.2, 0.25) is 0 Å². The molecule has 1 aromatic rings. The van der Waals surface area contributed by atoms with E-state index in [1.165, 1.54) is 18.4 Å². The molecule has 0 bridgehead atoms. The van der Waals surface area contributed by atoms with Crippen LogP contribution in [0, 0.1) is 5.92 Å². The maximum atomic E-state index is 5.42. The third-order valence-electron chi connectivity index (χ3n) is 4.67. The molecule has 2 N–H and O–H groups in total. The second-order valence-electron chi connectivity index (χ2n) is 6.69. The number of halogens is 1. The van der Waals surface area contributed by atoms with E-state index in [1.807, 2.05) is 13.1 Å². The third kappa shape index (κ3) is 5.64. The number of rotatable bonds is 7. The number of benzene rings is 1. The topological polar surface area (TPSA) is 58.1 Å². The molecule has 0 radical (unpaired) electrons. The fourth-order valence-electron chi connectivity index (χ4n) is 3.10. The van der Waals surface area contributed by atoms with Crippen molar-refractivity contribution < 1.29 is 9.47 Å². The minimum absolute atomic E-state index is 0.